The van der Waals surface area contributed by atoms with Crippen LogP contribution in [0.4, 0.5) is 4.79 Å². The van der Waals surface area contributed by atoms with E-state index >= 15 is 0 Å². The first-order chi connectivity index (χ1) is 12.5. The van der Waals surface area contributed by atoms with Crippen molar-refractivity contribution in [3.05, 3.63) is 23.8 Å². The first kappa shape index (κ1) is 20.9. The number of carbonyl (C=O) groups is 2. The van der Waals surface area contributed by atoms with Crippen LogP contribution in [-0.2, 0) is 4.74 Å². The van der Waals surface area contributed by atoms with Gasteiger partial charge in [0.1, 0.15) is 23.2 Å². The highest BCUT2D eigenvalue weighted by Gasteiger charge is 2.27. The molecule has 2 rings (SSSR count). The van der Waals surface area contributed by atoms with Gasteiger partial charge in [0.25, 0.3) is 0 Å². The first-order valence-corrected chi connectivity index (χ1v) is 9.23. The highest BCUT2D eigenvalue weighted by Crippen LogP contribution is 2.27. The maximum Gasteiger partial charge on any atom is 0.410 e. The van der Waals surface area contributed by atoms with Crippen LogP contribution in [0.25, 0.3) is 0 Å². The van der Waals surface area contributed by atoms with Crippen molar-refractivity contribution in [2.24, 2.45) is 0 Å². The van der Waals surface area contributed by atoms with Gasteiger partial charge in [-0.15, -0.1) is 0 Å². The molecule has 1 fully saturated rings. The van der Waals surface area contributed by atoms with Gasteiger partial charge in [-0.3, -0.25) is 0 Å². The van der Waals surface area contributed by atoms with Gasteiger partial charge in [0, 0.05) is 32.0 Å². The Hall–Kier alpha value is -2.44. The molecule has 1 aromatic carbocycles. The second-order valence-corrected chi connectivity index (χ2v) is 7.95. The maximum absolute atomic E-state index is 12.1. The van der Waals surface area contributed by atoms with Gasteiger partial charge in [0.15, 0.2) is 0 Å². The lowest BCUT2D eigenvalue weighted by Crippen LogP contribution is -2.44. The quantitative estimate of drug-likeness (QED) is 0.834. The molecule has 0 aliphatic carbocycles. The molecule has 0 unspecified atom stereocenters. The number of amides is 1. The van der Waals surface area contributed by atoms with Crippen molar-refractivity contribution < 1.29 is 28.9 Å². The minimum atomic E-state index is -1.03. The standard InChI is InChI=1S/C20H29NO6/c1-13(2)25-16-10-14(18(22)23)11-17(12-16)26-15-6-8-21(9-7-15)19(24)27-20(3,4)5/h10-13,15H,6-9H2,1-5H3,(H,22,23). The fourth-order valence-electron chi connectivity index (χ4n) is 2.78. The second-order valence-electron chi connectivity index (χ2n) is 7.95. The SMILES string of the molecule is CC(C)Oc1cc(OC2CCN(C(=O)OC(C)(C)C)CC2)cc(C(=O)O)c1. The number of carbonyl (C=O) groups excluding carboxylic acids is 1. The van der Waals surface area contributed by atoms with Gasteiger partial charge >= 0.3 is 12.1 Å². The van der Waals surface area contributed by atoms with Crippen molar-refractivity contribution >= 4 is 12.1 Å². The molecule has 0 radical (unpaired) electrons. The van der Waals surface area contributed by atoms with E-state index in [1.54, 1.807) is 11.0 Å². The minimum absolute atomic E-state index is 0.0704. The molecule has 1 aliphatic heterocycles. The number of piperidine rings is 1. The summed E-state index contributed by atoms with van der Waals surface area (Å²) in [7, 11) is 0. The Balaban J connectivity index is 1.99. The molecule has 27 heavy (non-hydrogen) atoms. The molecule has 150 valence electrons. The number of nitrogens with zero attached hydrogens (tertiary/aromatic N) is 1. The van der Waals surface area contributed by atoms with Crippen molar-refractivity contribution in [2.75, 3.05) is 13.1 Å². The van der Waals surface area contributed by atoms with E-state index in [9.17, 15) is 14.7 Å². The van der Waals surface area contributed by atoms with Crippen LogP contribution in [0.15, 0.2) is 18.2 Å². The van der Waals surface area contributed by atoms with Crippen LogP contribution >= 0.6 is 0 Å². The molecule has 1 amide bonds. The van der Waals surface area contributed by atoms with Crippen LogP contribution in [0.1, 0.15) is 57.8 Å². The van der Waals surface area contributed by atoms with Gasteiger partial charge in [-0.25, -0.2) is 9.59 Å². The second kappa shape index (κ2) is 8.50. The van der Waals surface area contributed by atoms with E-state index in [2.05, 4.69) is 0 Å². The van der Waals surface area contributed by atoms with Gasteiger partial charge in [-0.1, -0.05) is 0 Å². The summed E-state index contributed by atoms with van der Waals surface area (Å²) in [5, 5.41) is 9.29. The van der Waals surface area contributed by atoms with E-state index in [-0.39, 0.29) is 23.9 Å². The average molecular weight is 379 g/mol. The Morgan fingerprint density at radius 3 is 2.22 bits per heavy atom. The summed E-state index contributed by atoms with van der Waals surface area (Å²) in [6.07, 6.45) is 0.813. The summed E-state index contributed by atoms with van der Waals surface area (Å²) in [6.45, 7) is 10.3. The van der Waals surface area contributed by atoms with Gasteiger partial charge in [0.2, 0.25) is 0 Å². The zero-order valence-electron chi connectivity index (χ0n) is 16.7. The fourth-order valence-corrected chi connectivity index (χ4v) is 2.78. The van der Waals surface area contributed by atoms with Crippen molar-refractivity contribution in [1.29, 1.82) is 0 Å². The Kier molecular flexibility index (Phi) is 6.57. The molecule has 0 saturated carbocycles. The summed E-state index contributed by atoms with van der Waals surface area (Å²) < 4.78 is 17.0. The summed E-state index contributed by atoms with van der Waals surface area (Å²) in [5.74, 6) is -0.110. The number of rotatable bonds is 5. The lowest BCUT2D eigenvalue weighted by molar-refractivity contribution is 0.0126. The van der Waals surface area contributed by atoms with E-state index in [0.29, 0.717) is 37.4 Å². The van der Waals surface area contributed by atoms with Crippen LogP contribution < -0.4 is 9.47 Å². The van der Waals surface area contributed by atoms with E-state index in [1.165, 1.54) is 12.1 Å². The monoisotopic (exact) mass is 379 g/mol. The van der Waals surface area contributed by atoms with Gasteiger partial charge in [-0.2, -0.15) is 0 Å². The van der Waals surface area contributed by atoms with Crippen LogP contribution in [0.2, 0.25) is 0 Å². The molecule has 1 aromatic rings. The zero-order valence-corrected chi connectivity index (χ0v) is 16.7. The molecule has 0 aromatic heterocycles. The largest absolute Gasteiger partial charge is 0.491 e. The highest BCUT2D eigenvalue weighted by molar-refractivity contribution is 5.88. The number of ether oxygens (including phenoxy) is 3. The highest BCUT2D eigenvalue weighted by atomic mass is 16.6. The summed E-state index contributed by atoms with van der Waals surface area (Å²) in [4.78, 5) is 25.1. The third kappa shape index (κ3) is 6.66. The number of carboxylic acids is 1. The predicted octanol–water partition coefficient (Wildman–Crippen LogP) is 3.95. The van der Waals surface area contributed by atoms with Crippen LogP contribution in [0.5, 0.6) is 11.5 Å². The van der Waals surface area contributed by atoms with Crippen molar-refractivity contribution in [2.45, 2.75) is 65.3 Å². The van der Waals surface area contributed by atoms with Crippen molar-refractivity contribution in [3.63, 3.8) is 0 Å². The van der Waals surface area contributed by atoms with Gasteiger partial charge in [0.05, 0.1) is 11.7 Å². The topological polar surface area (TPSA) is 85.3 Å². The molecule has 0 atom stereocenters. The van der Waals surface area contributed by atoms with Gasteiger partial charge < -0.3 is 24.2 Å². The molecular formula is C20H29NO6. The normalized spacial score (nSPS) is 15.6. The average Bonchev–Trinajstić information content (AvgIpc) is 2.53. The van der Waals surface area contributed by atoms with Crippen molar-refractivity contribution in [1.82, 2.24) is 4.90 Å². The summed E-state index contributed by atoms with van der Waals surface area (Å²) >= 11 is 0. The minimum Gasteiger partial charge on any atom is -0.491 e. The third-order valence-electron chi connectivity index (χ3n) is 3.90. The Morgan fingerprint density at radius 2 is 1.70 bits per heavy atom. The smallest absolute Gasteiger partial charge is 0.410 e. The Morgan fingerprint density at radius 1 is 1.11 bits per heavy atom. The van der Waals surface area contributed by atoms with E-state index < -0.39 is 11.6 Å². The van der Waals surface area contributed by atoms with E-state index in [4.69, 9.17) is 14.2 Å². The van der Waals surface area contributed by atoms with Gasteiger partial charge in [-0.05, 0) is 46.8 Å². The number of hydrogen-bond donors (Lipinski definition) is 1. The first-order valence-electron chi connectivity index (χ1n) is 9.23. The number of aromatic carboxylic acids is 1. The molecule has 1 aliphatic rings. The molecule has 1 N–H and O–H groups in total. The molecule has 7 nitrogen and oxygen atoms in total. The number of hydrogen-bond acceptors (Lipinski definition) is 5. The number of carboxylic acid groups (broad SMARTS) is 1. The number of benzene rings is 1. The lowest BCUT2D eigenvalue weighted by Gasteiger charge is -2.33. The molecule has 1 heterocycles. The predicted molar refractivity (Wildman–Crippen MR) is 101 cm³/mol. The third-order valence-corrected chi connectivity index (χ3v) is 3.90. The molecular weight excluding hydrogens is 350 g/mol. The Labute approximate surface area is 160 Å². The van der Waals surface area contributed by atoms with E-state index in [0.717, 1.165) is 0 Å². The van der Waals surface area contributed by atoms with Crippen LogP contribution in [0, 0.1) is 0 Å². The van der Waals surface area contributed by atoms with Crippen LogP contribution in [0.3, 0.4) is 0 Å². The zero-order chi connectivity index (χ0) is 20.2. The Bertz CT molecular complexity index is 672. The molecule has 1 saturated heterocycles. The molecule has 0 bridgehead atoms. The number of likely N-dealkylation sites (tertiary alicyclic amines) is 1. The molecule has 7 heteroatoms. The summed E-state index contributed by atoms with van der Waals surface area (Å²) in [5.41, 5.74) is -0.400. The van der Waals surface area contributed by atoms with E-state index in [1.807, 2.05) is 34.6 Å². The lowest BCUT2D eigenvalue weighted by atomic mass is 10.1. The van der Waals surface area contributed by atoms with Crippen molar-refractivity contribution in [3.8, 4) is 11.5 Å². The van der Waals surface area contributed by atoms with Crippen LogP contribution in [-0.4, -0.2) is 53.0 Å². The molecule has 0 spiro atoms. The maximum atomic E-state index is 12.1. The fraction of sp³-hybridized carbons (Fsp3) is 0.600. The summed E-state index contributed by atoms with van der Waals surface area (Å²) in [6, 6.07) is 4.68.